The monoisotopic (exact) mass is 238 g/mol. The minimum absolute atomic E-state index is 0. The summed E-state index contributed by atoms with van der Waals surface area (Å²) >= 11 is 0. The van der Waals surface area contributed by atoms with Crippen molar-refractivity contribution in [1.29, 1.82) is 0 Å². The maximum Gasteiger partial charge on any atom is 0.0234 e. The minimum atomic E-state index is 0. The van der Waals surface area contributed by atoms with Crippen LogP contribution in [0.25, 0.3) is 6.08 Å². The molecule has 1 N–H and O–H groups in total. The molecular formula is C13H19ClN2. The van der Waals surface area contributed by atoms with Crippen LogP contribution in [0.1, 0.15) is 11.1 Å². The third-order valence-electron chi connectivity index (χ3n) is 2.83. The average molecular weight is 239 g/mol. The quantitative estimate of drug-likeness (QED) is 0.868. The Bertz CT molecular complexity index is 315. The van der Waals surface area contributed by atoms with Gasteiger partial charge in [-0.25, -0.2) is 0 Å². The molecule has 0 radical (unpaired) electrons. The standard InChI is InChI=1S/C13H18N2.ClH/c1-2-12-3-5-13(6-4-12)11-15-9-7-14-8-10-15;/h2-6,14H,1,7-11H2;1H. The first kappa shape index (κ1) is 13.2. The van der Waals surface area contributed by atoms with E-state index < -0.39 is 0 Å². The maximum atomic E-state index is 3.76. The fraction of sp³-hybridized carbons (Fsp3) is 0.385. The summed E-state index contributed by atoms with van der Waals surface area (Å²) in [5.74, 6) is 0. The summed E-state index contributed by atoms with van der Waals surface area (Å²) in [7, 11) is 0. The van der Waals surface area contributed by atoms with E-state index in [2.05, 4.69) is 41.1 Å². The maximum absolute atomic E-state index is 3.76. The molecule has 0 atom stereocenters. The van der Waals surface area contributed by atoms with Gasteiger partial charge in [-0.05, 0) is 11.1 Å². The molecule has 1 aliphatic rings. The van der Waals surface area contributed by atoms with E-state index >= 15 is 0 Å². The van der Waals surface area contributed by atoms with Crippen LogP contribution >= 0.6 is 12.4 Å². The molecule has 0 unspecified atom stereocenters. The SMILES string of the molecule is C=Cc1ccc(CN2CCNCC2)cc1.Cl. The largest absolute Gasteiger partial charge is 0.314 e. The van der Waals surface area contributed by atoms with Gasteiger partial charge in [-0.1, -0.05) is 36.9 Å². The number of rotatable bonds is 3. The molecule has 1 aliphatic heterocycles. The second kappa shape index (κ2) is 6.69. The Labute approximate surface area is 104 Å². The highest BCUT2D eigenvalue weighted by atomic mass is 35.5. The van der Waals surface area contributed by atoms with Gasteiger partial charge in [0.15, 0.2) is 0 Å². The van der Waals surface area contributed by atoms with E-state index in [4.69, 9.17) is 0 Å². The molecule has 16 heavy (non-hydrogen) atoms. The van der Waals surface area contributed by atoms with E-state index in [9.17, 15) is 0 Å². The predicted octanol–water partition coefficient (Wildman–Crippen LogP) is 2.16. The molecule has 0 bridgehead atoms. The first-order valence-electron chi connectivity index (χ1n) is 5.53. The van der Waals surface area contributed by atoms with E-state index in [1.54, 1.807) is 0 Å². The molecule has 0 aliphatic carbocycles. The van der Waals surface area contributed by atoms with E-state index in [1.165, 1.54) is 11.1 Å². The first-order chi connectivity index (χ1) is 7.38. The van der Waals surface area contributed by atoms with E-state index in [-0.39, 0.29) is 12.4 Å². The van der Waals surface area contributed by atoms with E-state index in [0.717, 1.165) is 32.7 Å². The van der Waals surface area contributed by atoms with Crippen molar-refractivity contribution in [2.45, 2.75) is 6.54 Å². The number of hydrogen-bond acceptors (Lipinski definition) is 2. The molecule has 88 valence electrons. The van der Waals surface area contributed by atoms with Crippen LogP contribution in [-0.2, 0) is 6.54 Å². The first-order valence-corrected chi connectivity index (χ1v) is 5.53. The number of nitrogens with one attached hydrogen (secondary N) is 1. The van der Waals surface area contributed by atoms with Crippen LogP contribution < -0.4 is 5.32 Å². The minimum Gasteiger partial charge on any atom is -0.314 e. The van der Waals surface area contributed by atoms with Crippen LogP contribution in [0.15, 0.2) is 30.8 Å². The summed E-state index contributed by atoms with van der Waals surface area (Å²) in [6, 6.07) is 8.65. The second-order valence-corrected chi connectivity index (χ2v) is 3.97. The van der Waals surface area contributed by atoms with Crippen molar-refractivity contribution in [3.8, 4) is 0 Å². The number of piperazine rings is 1. The topological polar surface area (TPSA) is 15.3 Å². The zero-order valence-corrected chi connectivity index (χ0v) is 10.3. The van der Waals surface area contributed by atoms with Crippen molar-refractivity contribution >= 4 is 18.5 Å². The van der Waals surface area contributed by atoms with E-state index in [0.29, 0.717) is 0 Å². The predicted molar refractivity (Wildman–Crippen MR) is 71.9 cm³/mol. The lowest BCUT2D eigenvalue weighted by Crippen LogP contribution is -2.42. The van der Waals surface area contributed by atoms with Crippen LogP contribution in [0, 0.1) is 0 Å². The molecule has 1 saturated heterocycles. The van der Waals surface area contributed by atoms with Gasteiger partial charge in [-0.15, -0.1) is 12.4 Å². The third kappa shape index (κ3) is 3.63. The Hall–Kier alpha value is -0.830. The second-order valence-electron chi connectivity index (χ2n) is 3.97. The highest BCUT2D eigenvalue weighted by Crippen LogP contribution is 2.08. The Morgan fingerprint density at radius 1 is 1.19 bits per heavy atom. The lowest BCUT2D eigenvalue weighted by Gasteiger charge is -2.27. The zero-order valence-electron chi connectivity index (χ0n) is 9.48. The van der Waals surface area contributed by atoms with Crippen LogP contribution in [0.3, 0.4) is 0 Å². The van der Waals surface area contributed by atoms with Gasteiger partial charge in [0.05, 0.1) is 0 Å². The Kier molecular flexibility index (Phi) is 5.53. The van der Waals surface area contributed by atoms with Crippen molar-refractivity contribution < 1.29 is 0 Å². The third-order valence-corrected chi connectivity index (χ3v) is 2.83. The van der Waals surface area contributed by atoms with Gasteiger partial charge < -0.3 is 5.32 Å². The summed E-state index contributed by atoms with van der Waals surface area (Å²) in [6.45, 7) is 9.37. The Morgan fingerprint density at radius 2 is 1.81 bits per heavy atom. The summed E-state index contributed by atoms with van der Waals surface area (Å²) in [4.78, 5) is 2.49. The van der Waals surface area contributed by atoms with Gasteiger partial charge in [-0.3, -0.25) is 4.90 Å². The number of halogens is 1. The van der Waals surface area contributed by atoms with Gasteiger partial charge in [-0.2, -0.15) is 0 Å². The van der Waals surface area contributed by atoms with Gasteiger partial charge in [0.1, 0.15) is 0 Å². The van der Waals surface area contributed by atoms with Crippen LogP contribution in [0.4, 0.5) is 0 Å². The summed E-state index contributed by atoms with van der Waals surface area (Å²) in [5, 5.41) is 3.36. The van der Waals surface area contributed by atoms with Crippen molar-refractivity contribution in [1.82, 2.24) is 10.2 Å². The number of nitrogens with zero attached hydrogens (tertiary/aromatic N) is 1. The van der Waals surface area contributed by atoms with Gasteiger partial charge in [0.2, 0.25) is 0 Å². The van der Waals surface area contributed by atoms with Gasteiger partial charge >= 0.3 is 0 Å². The molecule has 2 rings (SSSR count). The summed E-state index contributed by atoms with van der Waals surface area (Å²) < 4.78 is 0. The van der Waals surface area contributed by atoms with Crippen LogP contribution in [-0.4, -0.2) is 31.1 Å². The highest BCUT2D eigenvalue weighted by Gasteiger charge is 2.09. The molecule has 1 aromatic rings. The fourth-order valence-corrected chi connectivity index (χ4v) is 1.89. The molecule has 0 spiro atoms. The van der Waals surface area contributed by atoms with Crippen LogP contribution in [0.5, 0.6) is 0 Å². The van der Waals surface area contributed by atoms with Gasteiger partial charge in [0, 0.05) is 32.7 Å². The average Bonchev–Trinajstić information content (AvgIpc) is 2.31. The van der Waals surface area contributed by atoms with Crippen LogP contribution in [0.2, 0.25) is 0 Å². The molecule has 0 aromatic heterocycles. The lowest BCUT2D eigenvalue weighted by atomic mass is 10.1. The highest BCUT2D eigenvalue weighted by molar-refractivity contribution is 5.85. The van der Waals surface area contributed by atoms with Gasteiger partial charge in [0.25, 0.3) is 0 Å². The van der Waals surface area contributed by atoms with Crippen molar-refractivity contribution in [3.05, 3.63) is 42.0 Å². The molecule has 1 aromatic carbocycles. The number of benzene rings is 1. The summed E-state index contributed by atoms with van der Waals surface area (Å²) in [6.07, 6.45) is 1.88. The molecule has 0 saturated carbocycles. The molecule has 1 heterocycles. The Balaban J connectivity index is 0.00000128. The number of hydrogen-bond donors (Lipinski definition) is 1. The molecule has 2 nitrogen and oxygen atoms in total. The van der Waals surface area contributed by atoms with E-state index in [1.807, 2.05) is 6.08 Å². The zero-order chi connectivity index (χ0) is 10.5. The summed E-state index contributed by atoms with van der Waals surface area (Å²) in [5.41, 5.74) is 2.58. The van der Waals surface area contributed by atoms with Crippen molar-refractivity contribution in [2.24, 2.45) is 0 Å². The fourth-order valence-electron chi connectivity index (χ4n) is 1.89. The smallest absolute Gasteiger partial charge is 0.0234 e. The molecular weight excluding hydrogens is 220 g/mol. The van der Waals surface area contributed by atoms with Crippen molar-refractivity contribution in [3.63, 3.8) is 0 Å². The van der Waals surface area contributed by atoms with Crippen molar-refractivity contribution in [2.75, 3.05) is 26.2 Å². The lowest BCUT2D eigenvalue weighted by molar-refractivity contribution is 0.233. The Morgan fingerprint density at radius 3 is 2.38 bits per heavy atom. The normalized spacial score (nSPS) is 16.5. The molecule has 0 amide bonds. The molecule has 1 fully saturated rings. The molecule has 3 heteroatoms.